The van der Waals surface area contributed by atoms with E-state index in [1.54, 1.807) is 17.4 Å². The molecule has 1 aromatic heterocycles. The van der Waals surface area contributed by atoms with Crippen molar-refractivity contribution in [2.24, 2.45) is 0 Å². The zero-order chi connectivity index (χ0) is 20.8. The molecule has 1 N–H and O–H groups in total. The molecular formula is C24H25N3O2S. The number of anilines is 1. The maximum absolute atomic E-state index is 12.7. The number of benzene rings is 2. The molecule has 3 aromatic rings. The molecule has 0 spiro atoms. The van der Waals surface area contributed by atoms with Crippen molar-refractivity contribution in [3.05, 3.63) is 81.8 Å². The van der Waals surface area contributed by atoms with Crippen LogP contribution in [0.1, 0.15) is 45.9 Å². The molecule has 1 aliphatic heterocycles. The lowest BCUT2D eigenvalue weighted by Crippen LogP contribution is -2.35. The van der Waals surface area contributed by atoms with E-state index >= 15 is 0 Å². The van der Waals surface area contributed by atoms with Crippen LogP contribution in [0.4, 0.5) is 5.69 Å². The van der Waals surface area contributed by atoms with Gasteiger partial charge in [0.25, 0.3) is 5.91 Å². The second-order valence-corrected chi connectivity index (χ2v) is 8.50. The Morgan fingerprint density at radius 1 is 1.00 bits per heavy atom. The number of hydrogen-bond donors (Lipinski definition) is 1. The predicted molar refractivity (Wildman–Crippen MR) is 120 cm³/mol. The molecule has 0 radical (unpaired) electrons. The van der Waals surface area contributed by atoms with Gasteiger partial charge in [0.05, 0.1) is 17.1 Å². The van der Waals surface area contributed by atoms with E-state index in [-0.39, 0.29) is 18.2 Å². The predicted octanol–water partition coefficient (Wildman–Crippen LogP) is 4.54. The topological polar surface area (TPSA) is 62.3 Å². The minimum absolute atomic E-state index is 0.0378. The Balaban J connectivity index is 1.34. The zero-order valence-corrected chi connectivity index (χ0v) is 17.7. The molecule has 2 aromatic carbocycles. The first-order valence-electron chi connectivity index (χ1n) is 10.3. The summed E-state index contributed by atoms with van der Waals surface area (Å²) in [7, 11) is 0. The van der Waals surface area contributed by atoms with E-state index in [0.29, 0.717) is 11.3 Å². The normalized spacial score (nSPS) is 13.8. The minimum Gasteiger partial charge on any atom is -0.339 e. The lowest BCUT2D eigenvalue weighted by atomic mass is 10.1. The molecule has 1 fully saturated rings. The quantitative estimate of drug-likeness (QED) is 0.638. The standard InChI is InChI=1S/C24H25N3O2S/c28-22(16-21-17-30-23(26-21)14-18-8-3-1-4-9-18)25-20-11-7-10-19(15-20)24(29)27-12-5-2-6-13-27/h1,3-4,7-11,15,17H,2,5-6,12-14,16H2,(H,25,28). The van der Waals surface area contributed by atoms with Crippen molar-refractivity contribution in [2.75, 3.05) is 18.4 Å². The highest BCUT2D eigenvalue weighted by Crippen LogP contribution is 2.18. The summed E-state index contributed by atoms with van der Waals surface area (Å²) in [6.07, 6.45) is 4.29. The van der Waals surface area contributed by atoms with Crippen LogP contribution in [0.15, 0.2) is 60.0 Å². The molecule has 0 aliphatic carbocycles. The highest BCUT2D eigenvalue weighted by Gasteiger charge is 2.18. The van der Waals surface area contributed by atoms with Crippen LogP contribution in [0, 0.1) is 0 Å². The Morgan fingerprint density at radius 3 is 2.60 bits per heavy atom. The van der Waals surface area contributed by atoms with Crippen LogP contribution in [0.25, 0.3) is 0 Å². The molecule has 2 heterocycles. The van der Waals surface area contributed by atoms with Gasteiger partial charge in [-0.05, 0) is 43.0 Å². The Morgan fingerprint density at radius 2 is 1.80 bits per heavy atom. The molecule has 4 rings (SSSR count). The van der Waals surface area contributed by atoms with Gasteiger partial charge in [0.2, 0.25) is 5.91 Å². The van der Waals surface area contributed by atoms with Gasteiger partial charge in [-0.2, -0.15) is 0 Å². The molecule has 0 atom stereocenters. The van der Waals surface area contributed by atoms with Crippen molar-refractivity contribution >= 4 is 28.8 Å². The molecule has 1 saturated heterocycles. The third kappa shape index (κ3) is 5.33. The minimum atomic E-state index is -0.130. The number of aromatic nitrogens is 1. The Labute approximate surface area is 180 Å². The Hall–Kier alpha value is -2.99. The maximum Gasteiger partial charge on any atom is 0.253 e. The van der Waals surface area contributed by atoms with Gasteiger partial charge in [0, 0.05) is 36.1 Å². The molecule has 0 unspecified atom stereocenters. The van der Waals surface area contributed by atoms with E-state index in [1.165, 1.54) is 12.0 Å². The fourth-order valence-electron chi connectivity index (χ4n) is 3.66. The monoisotopic (exact) mass is 419 g/mol. The van der Waals surface area contributed by atoms with E-state index in [9.17, 15) is 9.59 Å². The summed E-state index contributed by atoms with van der Waals surface area (Å²) >= 11 is 1.57. The summed E-state index contributed by atoms with van der Waals surface area (Å²) in [4.78, 5) is 31.7. The number of thiazole rings is 1. The van der Waals surface area contributed by atoms with E-state index in [1.807, 2.05) is 46.7 Å². The summed E-state index contributed by atoms with van der Waals surface area (Å²) in [6, 6.07) is 17.4. The van der Waals surface area contributed by atoms with Crippen LogP contribution in [-0.4, -0.2) is 34.8 Å². The number of amides is 2. The fourth-order valence-corrected chi connectivity index (χ4v) is 4.49. The molecule has 30 heavy (non-hydrogen) atoms. The van der Waals surface area contributed by atoms with Crippen LogP contribution in [0.2, 0.25) is 0 Å². The number of likely N-dealkylation sites (tertiary alicyclic amines) is 1. The summed E-state index contributed by atoms with van der Waals surface area (Å²) in [5.41, 5.74) is 3.23. The zero-order valence-electron chi connectivity index (χ0n) is 16.8. The molecule has 0 bridgehead atoms. The van der Waals surface area contributed by atoms with Crippen molar-refractivity contribution in [2.45, 2.75) is 32.1 Å². The van der Waals surface area contributed by atoms with E-state index in [2.05, 4.69) is 22.4 Å². The van der Waals surface area contributed by atoms with E-state index < -0.39 is 0 Å². The van der Waals surface area contributed by atoms with Gasteiger partial charge < -0.3 is 10.2 Å². The average Bonchev–Trinajstić information content (AvgIpc) is 3.21. The number of carbonyl (C=O) groups excluding carboxylic acids is 2. The highest BCUT2D eigenvalue weighted by atomic mass is 32.1. The number of carbonyl (C=O) groups is 2. The number of hydrogen-bond acceptors (Lipinski definition) is 4. The molecule has 1 aliphatic rings. The first kappa shape index (κ1) is 20.3. The lowest BCUT2D eigenvalue weighted by Gasteiger charge is -2.26. The van der Waals surface area contributed by atoms with Crippen LogP contribution >= 0.6 is 11.3 Å². The second-order valence-electron chi connectivity index (χ2n) is 7.55. The Bertz CT molecular complexity index is 1010. The van der Waals surface area contributed by atoms with Gasteiger partial charge in [-0.25, -0.2) is 4.98 Å². The first-order valence-corrected chi connectivity index (χ1v) is 11.2. The smallest absolute Gasteiger partial charge is 0.253 e. The second kappa shape index (κ2) is 9.67. The molecule has 154 valence electrons. The highest BCUT2D eigenvalue weighted by molar-refractivity contribution is 7.09. The van der Waals surface area contributed by atoms with Crippen LogP contribution < -0.4 is 5.32 Å². The fraction of sp³-hybridized carbons (Fsp3) is 0.292. The lowest BCUT2D eigenvalue weighted by molar-refractivity contribution is -0.115. The van der Waals surface area contributed by atoms with Gasteiger partial charge in [-0.1, -0.05) is 36.4 Å². The third-order valence-corrected chi connectivity index (χ3v) is 6.07. The van der Waals surface area contributed by atoms with E-state index in [0.717, 1.165) is 43.1 Å². The molecule has 0 saturated carbocycles. The number of nitrogens with one attached hydrogen (secondary N) is 1. The van der Waals surface area contributed by atoms with Crippen molar-refractivity contribution in [1.29, 1.82) is 0 Å². The van der Waals surface area contributed by atoms with Crippen molar-refractivity contribution in [3.8, 4) is 0 Å². The summed E-state index contributed by atoms with van der Waals surface area (Å²) in [5.74, 6) is -0.0926. The van der Waals surface area contributed by atoms with Crippen LogP contribution in [-0.2, 0) is 17.6 Å². The van der Waals surface area contributed by atoms with Gasteiger partial charge >= 0.3 is 0 Å². The van der Waals surface area contributed by atoms with Crippen molar-refractivity contribution in [3.63, 3.8) is 0 Å². The van der Waals surface area contributed by atoms with Gasteiger partial charge in [0.15, 0.2) is 0 Å². The largest absolute Gasteiger partial charge is 0.339 e. The SMILES string of the molecule is O=C(Cc1csc(Cc2ccccc2)n1)Nc1cccc(C(=O)N2CCCCC2)c1. The van der Waals surface area contributed by atoms with Crippen molar-refractivity contribution < 1.29 is 9.59 Å². The van der Waals surface area contributed by atoms with Gasteiger partial charge in [-0.15, -0.1) is 11.3 Å². The molecular weight excluding hydrogens is 394 g/mol. The number of piperidine rings is 1. The molecule has 6 heteroatoms. The van der Waals surface area contributed by atoms with E-state index in [4.69, 9.17) is 0 Å². The average molecular weight is 420 g/mol. The Kier molecular flexibility index (Phi) is 6.54. The summed E-state index contributed by atoms with van der Waals surface area (Å²) in [6.45, 7) is 1.62. The van der Waals surface area contributed by atoms with Gasteiger partial charge in [-0.3, -0.25) is 9.59 Å². The molecule has 2 amide bonds. The molecule has 5 nitrogen and oxygen atoms in total. The van der Waals surface area contributed by atoms with Crippen molar-refractivity contribution in [1.82, 2.24) is 9.88 Å². The van der Waals surface area contributed by atoms with Gasteiger partial charge in [0.1, 0.15) is 0 Å². The summed E-state index contributed by atoms with van der Waals surface area (Å²) in [5, 5.41) is 5.84. The van der Waals surface area contributed by atoms with Crippen LogP contribution in [0.5, 0.6) is 0 Å². The summed E-state index contributed by atoms with van der Waals surface area (Å²) < 4.78 is 0. The van der Waals surface area contributed by atoms with Crippen LogP contribution in [0.3, 0.4) is 0 Å². The number of rotatable bonds is 6. The number of nitrogens with zero attached hydrogens (tertiary/aromatic N) is 2. The first-order chi connectivity index (χ1) is 14.7. The maximum atomic E-state index is 12.7. The third-order valence-electron chi connectivity index (χ3n) is 5.18.